The van der Waals surface area contributed by atoms with Crippen LogP contribution in [0.25, 0.3) is 0 Å². The van der Waals surface area contributed by atoms with Gasteiger partial charge in [-0.05, 0) is 24.6 Å². The lowest BCUT2D eigenvalue weighted by molar-refractivity contribution is -0.130. The van der Waals surface area contributed by atoms with Crippen LogP contribution in [0.15, 0.2) is 24.3 Å². The number of hydrogen-bond acceptors (Lipinski definition) is 2. The third-order valence-corrected chi connectivity index (χ3v) is 3.18. The molecular formula is C13H17BrN2O2. The van der Waals surface area contributed by atoms with Gasteiger partial charge in [0, 0.05) is 25.0 Å². The van der Waals surface area contributed by atoms with Gasteiger partial charge in [0.2, 0.25) is 5.91 Å². The molecule has 1 N–H and O–H groups in total. The third-order valence-electron chi connectivity index (χ3n) is 2.53. The summed E-state index contributed by atoms with van der Waals surface area (Å²) in [6, 6.07) is 6.73. The summed E-state index contributed by atoms with van der Waals surface area (Å²) in [5, 5.41) is 3.43. The predicted octanol–water partition coefficient (Wildman–Crippen LogP) is 1.79. The zero-order chi connectivity index (χ0) is 13.7. The molecule has 1 atom stereocenters. The average molecular weight is 313 g/mol. The summed E-state index contributed by atoms with van der Waals surface area (Å²) < 4.78 is 0. The average Bonchev–Trinajstić information content (AvgIpc) is 2.37. The summed E-state index contributed by atoms with van der Waals surface area (Å²) in [5.74, 6) is -0.362. The van der Waals surface area contributed by atoms with Crippen molar-refractivity contribution in [2.24, 2.45) is 0 Å². The molecule has 0 spiro atoms. The fourth-order valence-corrected chi connectivity index (χ4v) is 1.85. The van der Waals surface area contributed by atoms with Gasteiger partial charge in [0.1, 0.15) is 6.04 Å². The lowest BCUT2D eigenvalue weighted by atomic mass is 10.1. The number of carbonyl (C=O) groups excluding carboxylic acids is 2. The second kappa shape index (κ2) is 6.54. The molecule has 0 fully saturated rings. The molecule has 1 aromatic carbocycles. The molecule has 0 saturated carbocycles. The smallest absolute Gasteiger partial charge is 0.251 e. The van der Waals surface area contributed by atoms with E-state index in [4.69, 9.17) is 0 Å². The Morgan fingerprint density at radius 3 is 2.28 bits per heavy atom. The van der Waals surface area contributed by atoms with Crippen molar-refractivity contribution in [1.82, 2.24) is 10.2 Å². The first kappa shape index (κ1) is 14.7. The van der Waals surface area contributed by atoms with Gasteiger partial charge in [0.15, 0.2) is 0 Å². The Labute approximate surface area is 115 Å². The Hall–Kier alpha value is -1.36. The van der Waals surface area contributed by atoms with Crippen LogP contribution in [0.2, 0.25) is 0 Å². The van der Waals surface area contributed by atoms with Crippen molar-refractivity contribution < 1.29 is 9.59 Å². The largest absolute Gasteiger partial charge is 0.347 e. The van der Waals surface area contributed by atoms with Gasteiger partial charge in [-0.25, -0.2) is 0 Å². The highest BCUT2D eigenvalue weighted by Crippen LogP contribution is 2.08. The van der Waals surface area contributed by atoms with E-state index in [0.717, 1.165) is 10.9 Å². The molecule has 0 aromatic heterocycles. The Morgan fingerprint density at radius 1 is 1.28 bits per heavy atom. The van der Waals surface area contributed by atoms with Crippen molar-refractivity contribution in [3.8, 4) is 0 Å². The normalized spacial score (nSPS) is 11.8. The highest BCUT2D eigenvalue weighted by atomic mass is 79.9. The molecule has 1 rings (SSSR count). The molecule has 1 unspecified atom stereocenters. The van der Waals surface area contributed by atoms with E-state index in [9.17, 15) is 9.59 Å². The van der Waals surface area contributed by atoms with Crippen LogP contribution in [-0.4, -0.2) is 36.9 Å². The van der Waals surface area contributed by atoms with Crippen LogP contribution in [0.5, 0.6) is 0 Å². The summed E-state index contributed by atoms with van der Waals surface area (Å²) in [7, 11) is 3.32. The minimum atomic E-state index is -0.525. The maximum Gasteiger partial charge on any atom is 0.251 e. The quantitative estimate of drug-likeness (QED) is 0.862. The third kappa shape index (κ3) is 3.84. The molecule has 0 heterocycles. The van der Waals surface area contributed by atoms with Crippen molar-refractivity contribution >= 4 is 27.7 Å². The van der Waals surface area contributed by atoms with Crippen LogP contribution in [0, 0.1) is 0 Å². The number of benzene rings is 1. The van der Waals surface area contributed by atoms with Gasteiger partial charge in [0.05, 0.1) is 0 Å². The number of likely N-dealkylation sites (N-methyl/N-ethyl adjacent to an activating group) is 1. The van der Waals surface area contributed by atoms with E-state index >= 15 is 0 Å². The minimum absolute atomic E-state index is 0.125. The number of hydrogen-bond donors (Lipinski definition) is 1. The zero-order valence-electron chi connectivity index (χ0n) is 10.7. The number of carbonyl (C=O) groups is 2. The molecule has 98 valence electrons. The van der Waals surface area contributed by atoms with Gasteiger partial charge in [0.25, 0.3) is 5.91 Å². The van der Waals surface area contributed by atoms with E-state index in [1.807, 2.05) is 12.1 Å². The van der Waals surface area contributed by atoms with Crippen LogP contribution in [0.4, 0.5) is 0 Å². The molecule has 0 saturated heterocycles. The summed E-state index contributed by atoms with van der Waals surface area (Å²) in [6.07, 6.45) is 0. The van der Waals surface area contributed by atoms with Crippen LogP contribution < -0.4 is 5.32 Å². The molecule has 0 radical (unpaired) electrons. The second-order valence-corrected chi connectivity index (χ2v) is 4.82. The zero-order valence-corrected chi connectivity index (χ0v) is 12.3. The van der Waals surface area contributed by atoms with Gasteiger partial charge in [-0.1, -0.05) is 28.1 Å². The van der Waals surface area contributed by atoms with E-state index in [2.05, 4.69) is 21.2 Å². The molecule has 18 heavy (non-hydrogen) atoms. The van der Waals surface area contributed by atoms with E-state index in [-0.39, 0.29) is 11.8 Å². The SMILES string of the molecule is CC(NC(=O)c1ccc(CBr)cc1)C(=O)N(C)C. The summed E-state index contributed by atoms with van der Waals surface area (Å²) >= 11 is 3.34. The van der Waals surface area contributed by atoms with Gasteiger partial charge in [-0.15, -0.1) is 0 Å². The highest BCUT2D eigenvalue weighted by Gasteiger charge is 2.17. The number of amides is 2. The fourth-order valence-electron chi connectivity index (χ4n) is 1.47. The number of halogens is 1. The minimum Gasteiger partial charge on any atom is -0.347 e. The lowest BCUT2D eigenvalue weighted by Gasteiger charge is -2.18. The van der Waals surface area contributed by atoms with E-state index in [1.165, 1.54) is 4.90 Å². The maximum absolute atomic E-state index is 11.9. The standard InChI is InChI=1S/C13H17BrN2O2/c1-9(13(18)16(2)3)15-12(17)11-6-4-10(8-14)5-7-11/h4-7,9H,8H2,1-3H3,(H,15,17). The van der Waals surface area contributed by atoms with Gasteiger partial charge >= 0.3 is 0 Å². The van der Waals surface area contributed by atoms with Crippen LogP contribution in [0.3, 0.4) is 0 Å². The molecule has 2 amide bonds. The molecular weight excluding hydrogens is 296 g/mol. The molecule has 1 aromatic rings. The Morgan fingerprint density at radius 2 is 1.83 bits per heavy atom. The number of nitrogens with zero attached hydrogens (tertiary/aromatic N) is 1. The van der Waals surface area contributed by atoms with E-state index in [0.29, 0.717) is 5.56 Å². The topological polar surface area (TPSA) is 49.4 Å². The summed E-state index contributed by atoms with van der Waals surface area (Å²) in [4.78, 5) is 25.0. The number of rotatable bonds is 4. The van der Waals surface area contributed by atoms with Crippen LogP contribution in [-0.2, 0) is 10.1 Å². The second-order valence-electron chi connectivity index (χ2n) is 4.26. The molecule has 5 heteroatoms. The Balaban J connectivity index is 2.67. The van der Waals surface area contributed by atoms with Gasteiger partial charge in [-0.3, -0.25) is 9.59 Å². The van der Waals surface area contributed by atoms with Crippen molar-refractivity contribution in [1.29, 1.82) is 0 Å². The van der Waals surface area contributed by atoms with Crippen LogP contribution in [0.1, 0.15) is 22.8 Å². The Bertz CT molecular complexity index is 429. The fraction of sp³-hybridized carbons (Fsp3) is 0.385. The molecule has 0 bridgehead atoms. The highest BCUT2D eigenvalue weighted by molar-refractivity contribution is 9.08. The molecule has 0 aliphatic carbocycles. The number of alkyl halides is 1. The molecule has 0 aliphatic heterocycles. The predicted molar refractivity (Wildman–Crippen MR) is 74.7 cm³/mol. The Kier molecular flexibility index (Phi) is 5.34. The number of nitrogens with one attached hydrogen (secondary N) is 1. The van der Waals surface area contributed by atoms with Crippen molar-refractivity contribution in [2.75, 3.05) is 14.1 Å². The van der Waals surface area contributed by atoms with Gasteiger partial charge < -0.3 is 10.2 Å². The molecule has 0 aliphatic rings. The summed E-state index contributed by atoms with van der Waals surface area (Å²) in [6.45, 7) is 1.67. The van der Waals surface area contributed by atoms with Crippen molar-refractivity contribution in [3.05, 3.63) is 35.4 Å². The van der Waals surface area contributed by atoms with Crippen molar-refractivity contribution in [2.45, 2.75) is 18.3 Å². The first-order valence-corrected chi connectivity index (χ1v) is 6.74. The monoisotopic (exact) mass is 312 g/mol. The van der Waals surface area contributed by atoms with E-state index < -0.39 is 6.04 Å². The van der Waals surface area contributed by atoms with Crippen LogP contribution >= 0.6 is 15.9 Å². The lowest BCUT2D eigenvalue weighted by Crippen LogP contribution is -2.44. The first-order valence-electron chi connectivity index (χ1n) is 5.62. The molecule has 4 nitrogen and oxygen atoms in total. The van der Waals surface area contributed by atoms with E-state index in [1.54, 1.807) is 33.2 Å². The van der Waals surface area contributed by atoms with Gasteiger partial charge in [-0.2, -0.15) is 0 Å². The summed E-state index contributed by atoms with van der Waals surface area (Å²) in [5.41, 5.74) is 1.65. The first-order chi connectivity index (χ1) is 8.45. The van der Waals surface area contributed by atoms with Crippen molar-refractivity contribution in [3.63, 3.8) is 0 Å². The maximum atomic E-state index is 11.9.